The summed E-state index contributed by atoms with van der Waals surface area (Å²) >= 11 is 12.1. The summed E-state index contributed by atoms with van der Waals surface area (Å²) in [5.74, 6) is -0.279. The van der Waals surface area contributed by atoms with E-state index in [-0.39, 0.29) is 12.3 Å². The summed E-state index contributed by atoms with van der Waals surface area (Å²) < 4.78 is 5.40. The number of carbonyl (C=O) groups excluding carboxylic acids is 2. The Balaban J connectivity index is 1.65. The number of fused-ring (bicyclic) bond motifs is 1. The summed E-state index contributed by atoms with van der Waals surface area (Å²) in [4.78, 5) is 27.9. The molecule has 1 N–H and O–H groups in total. The maximum absolute atomic E-state index is 13.4. The summed E-state index contributed by atoms with van der Waals surface area (Å²) in [6, 6.07) is 18.6. The molecule has 0 aliphatic carbocycles. The molecule has 0 aromatic heterocycles. The molecule has 1 unspecified atom stereocenters. The van der Waals surface area contributed by atoms with Gasteiger partial charge in [-0.25, -0.2) is 0 Å². The maximum atomic E-state index is 13.4. The van der Waals surface area contributed by atoms with E-state index in [0.717, 1.165) is 5.56 Å². The Kier molecular flexibility index (Phi) is 6.24. The zero-order valence-corrected chi connectivity index (χ0v) is 18.9. The van der Waals surface area contributed by atoms with E-state index in [2.05, 4.69) is 0 Å². The normalized spacial score (nSPS) is 17.4. The third-order valence-corrected chi connectivity index (χ3v) is 5.94. The van der Waals surface area contributed by atoms with Crippen LogP contribution in [0.25, 0.3) is 0 Å². The zero-order chi connectivity index (χ0) is 22.9. The van der Waals surface area contributed by atoms with E-state index in [1.807, 2.05) is 19.1 Å². The molecular formula is C25H21Cl2NO4. The van der Waals surface area contributed by atoms with Gasteiger partial charge in [-0.2, -0.15) is 0 Å². The quantitative estimate of drug-likeness (QED) is 0.470. The number of hydrogen-bond acceptors (Lipinski definition) is 4. The monoisotopic (exact) mass is 469 g/mol. The first-order valence-electron chi connectivity index (χ1n) is 10.2. The van der Waals surface area contributed by atoms with Crippen molar-refractivity contribution in [2.45, 2.75) is 25.5 Å². The summed E-state index contributed by atoms with van der Waals surface area (Å²) in [6.07, 6.45) is -0.399. The van der Waals surface area contributed by atoms with Gasteiger partial charge in [0.25, 0.3) is 5.91 Å². The van der Waals surface area contributed by atoms with Crippen LogP contribution in [0.15, 0.2) is 66.7 Å². The van der Waals surface area contributed by atoms with Crippen LogP contribution in [-0.2, 0) is 16.9 Å². The van der Waals surface area contributed by atoms with Crippen LogP contribution in [0.3, 0.4) is 0 Å². The van der Waals surface area contributed by atoms with Gasteiger partial charge < -0.3 is 14.7 Å². The van der Waals surface area contributed by atoms with Crippen LogP contribution in [-0.4, -0.2) is 23.4 Å². The summed E-state index contributed by atoms with van der Waals surface area (Å²) in [7, 11) is 0. The summed E-state index contributed by atoms with van der Waals surface area (Å²) in [6.45, 7) is 2.62. The van der Waals surface area contributed by atoms with Crippen molar-refractivity contribution in [3.05, 3.63) is 93.5 Å². The van der Waals surface area contributed by atoms with Crippen molar-refractivity contribution >= 4 is 40.6 Å². The molecular weight excluding hydrogens is 449 g/mol. The highest BCUT2D eigenvalue weighted by atomic mass is 35.5. The Morgan fingerprint density at radius 1 is 1.00 bits per heavy atom. The Morgan fingerprint density at radius 2 is 1.66 bits per heavy atom. The predicted molar refractivity (Wildman–Crippen MR) is 125 cm³/mol. The highest BCUT2D eigenvalue weighted by Gasteiger charge is 2.51. The van der Waals surface area contributed by atoms with Crippen molar-refractivity contribution < 1.29 is 19.4 Å². The number of halogens is 2. The highest BCUT2D eigenvalue weighted by Crippen LogP contribution is 2.44. The predicted octanol–water partition coefficient (Wildman–Crippen LogP) is 5.40. The number of nitrogens with zero attached hydrogens (tertiary/aromatic N) is 1. The van der Waals surface area contributed by atoms with Gasteiger partial charge in [-0.05, 0) is 67.1 Å². The van der Waals surface area contributed by atoms with E-state index in [1.165, 1.54) is 4.90 Å². The van der Waals surface area contributed by atoms with E-state index in [9.17, 15) is 14.7 Å². The number of rotatable bonds is 7. The lowest BCUT2D eigenvalue weighted by atomic mass is 9.88. The molecule has 164 valence electrons. The van der Waals surface area contributed by atoms with Crippen molar-refractivity contribution in [3.63, 3.8) is 0 Å². The van der Waals surface area contributed by atoms with Gasteiger partial charge in [0.15, 0.2) is 11.4 Å². The highest BCUT2D eigenvalue weighted by molar-refractivity contribution is 6.31. The Bertz CT molecular complexity index is 1160. The molecule has 3 aromatic rings. The van der Waals surface area contributed by atoms with Crippen LogP contribution in [0.2, 0.25) is 10.0 Å². The SMILES string of the molecule is CCOc1ccc(C(=O)CC2(O)C(=O)N(Cc3ccc(Cl)cc3)c3ccc(Cl)cc32)cc1. The molecule has 0 fully saturated rings. The topological polar surface area (TPSA) is 66.8 Å². The van der Waals surface area contributed by atoms with Crippen LogP contribution < -0.4 is 9.64 Å². The van der Waals surface area contributed by atoms with Crippen LogP contribution in [0.5, 0.6) is 5.75 Å². The third-order valence-electron chi connectivity index (χ3n) is 5.45. The summed E-state index contributed by atoms with van der Waals surface area (Å²) in [5, 5.41) is 12.4. The molecule has 0 radical (unpaired) electrons. The minimum Gasteiger partial charge on any atom is -0.494 e. The lowest BCUT2D eigenvalue weighted by molar-refractivity contribution is -0.136. The lowest BCUT2D eigenvalue weighted by Crippen LogP contribution is -2.41. The standard InChI is InChI=1S/C25H21Cl2NO4/c1-2-32-20-10-5-17(6-11-20)23(29)14-25(31)21-13-19(27)9-12-22(21)28(24(25)30)15-16-3-7-18(26)8-4-16/h3-13,31H,2,14-15H2,1H3. The second-order valence-electron chi connectivity index (χ2n) is 7.60. The molecule has 5 nitrogen and oxygen atoms in total. The van der Waals surface area contributed by atoms with Gasteiger partial charge >= 0.3 is 0 Å². The number of anilines is 1. The fourth-order valence-electron chi connectivity index (χ4n) is 3.86. The molecule has 1 aliphatic heterocycles. The molecule has 7 heteroatoms. The molecule has 1 amide bonds. The van der Waals surface area contributed by atoms with E-state index < -0.39 is 17.9 Å². The van der Waals surface area contributed by atoms with E-state index in [4.69, 9.17) is 27.9 Å². The smallest absolute Gasteiger partial charge is 0.264 e. The Labute approximate surface area is 196 Å². The third kappa shape index (κ3) is 4.24. The molecule has 0 saturated carbocycles. The molecule has 1 atom stereocenters. The van der Waals surface area contributed by atoms with Gasteiger partial charge in [0.2, 0.25) is 0 Å². The van der Waals surface area contributed by atoms with Gasteiger partial charge in [0.05, 0.1) is 25.3 Å². The molecule has 32 heavy (non-hydrogen) atoms. The van der Waals surface area contributed by atoms with Crippen molar-refractivity contribution in [1.29, 1.82) is 0 Å². The molecule has 0 saturated heterocycles. The first-order valence-corrected chi connectivity index (χ1v) is 10.9. The van der Waals surface area contributed by atoms with Crippen LogP contribution in [0, 0.1) is 0 Å². The van der Waals surface area contributed by atoms with E-state index >= 15 is 0 Å². The second-order valence-corrected chi connectivity index (χ2v) is 8.47. The van der Waals surface area contributed by atoms with Gasteiger partial charge in [0.1, 0.15) is 5.75 Å². The largest absolute Gasteiger partial charge is 0.494 e. The van der Waals surface area contributed by atoms with Crippen molar-refractivity contribution in [1.82, 2.24) is 0 Å². The van der Waals surface area contributed by atoms with E-state index in [1.54, 1.807) is 54.6 Å². The van der Waals surface area contributed by atoms with Crippen molar-refractivity contribution in [2.75, 3.05) is 11.5 Å². The first-order chi connectivity index (χ1) is 15.3. The Morgan fingerprint density at radius 3 is 2.31 bits per heavy atom. The van der Waals surface area contributed by atoms with E-state index in [0.29, 0.717) is 39.2 Å². The fourth-order valence-corrected chi connectivity index (χ4v) is 4.16. The molecule has 4 rings (SSSR count). The van der Waals surface area contributed by atoms with Crippen molar-refractivity contribution in [3.8, 4) is 5.75 Å². The maximum Gasteiger partial charge on any atom is 0.264 e. The number of aliphatic hydroxyl groups is 1. The number of benzene rings is 3. The minimum absolute atomic E-state index is 0.226. The molecule has 1 aliphatic rings. The van der Waals surface area contributed by atoms with Crippen LogP contribution in [0.1, 0.15) is 34.8 Å². The number of Topliss-reactive ketones (excluding diaryl/α,β-unsaturated/α-hetero) is 1. The number of hydrogen-bond donors (Lipinski definition) is 1. The molecule has 1 heterocycles. The second kappa shape index (κ2) is 8.94. The molecule has 3 aromatic carbocycles. The Hall–Kier alpha value is -2.86. The van der Waals surface area contributed by atoms with Gasteiger partial charge in [0, 0.05) is 21.2 Å². The average molecular weight is 470 g/mol. The van der Waals surface area contributed by atoms with Gasteiger partial charge in [-0.15, -0.1) is 0 Å². The van der Waals surface area contributed by atoms with Crippen LogP contribution in [0.4, 0.5) is 5.69 Å². The minimum atomic E-state index is -2.01. The van der Waals surface area contributed by atoms with Crippen LogP contribution >= 0.6 is 23.2 Å². The lowest BCUT2D eigenvalue weighted by Gasteiger charge is -2.23. The molecule has 0 bridgehead atoms. The number of ketones is 1. The number of amides is 1. The average Bonchev–Trinajstić information content (AvgIpc) is 2.97. The molecule has 0 spiro atoms. The fraction of sp³-hybridized carbons (Fsp3) is 0.200. The van der Waals surface area contributed by atoms with Gasteiger partial charge in [-0.1, -0.05) is 35.3 Å². The first kappa shape index (κ1) is 22.3. The number of carbonyl (C=O) groups is 2. The summed E-state index contributed by atoms with van der Waals surface area (Å²) in [5.41, 5.74) is 0.0576. The van der Waals surface area contributed by atoms with Crippen molar-refractivity contribution in [2.24, 2.45) is 0 Å². The number of ether oxygens (including phenoxy) is 1. The van der Waals surface area contributed by atoms with Gasteiger partial charge in [-0.3, -0.25) is 9.59 Å². The zero-order valence-electron chi connectivity index (χ0n) is 17.3.